The number of carbonyl (C=O) groups excluding carboxylic acids is 1. The fraction of sp³-hybridized carbons (Fsp3) is 0.273. The van der Waals surface area contributed by atoms with E-state index in [-0.39, 0.29) is 39.7 Å². The van der Waals surface area contributed by atoms with Crippen LogP contribution in [0, 0.1) is 6.92 Å². The fourth-order valence-corrected chi connectivity index (χ4v) is 4.71. The number of nitrogens with one attached hydrogen (secondary N) is 1. The lowest BCUT2D eigenvalue weighted by atomic mass is 10.0. The summed E-state index contributed by atoms with van der Waals surface area (Å²) in [5, 5.41) is 0.305. The van der Waals surface area contributed by atoms with E-state index < -0.39 is 10.0 Å². The molecule has 3 heterocycles. The number of rotatable bonds is 7. The van der Waals surface area contributed by atoms with Crippen LogP contribution >= 0.6 is 0 Å². The molecule has 0 amide bonds. The number of sulfonamides is 1. The van der Waals surface area contributed by atoms with Crippen molar-refractivity contribution >= 4 is 38.3 Å². The molecular formula is C22H25N7O4S. The Balaban J connectivity index is 1.79. The topological polar surface area (TPSA) is 147 Å². The molecule has 0 unspecified atom stereocenters. The third-order valence-electron chi connectivity index (χ3n) is 5.51. The Morgan fingerprint density at radius 3 is 2.56 bits per heavy atom. The lowest BCUT2D eigenvalue weighted by Crippen LogP contribution is -2.15. The number of aromatic nitrogens is 5. The molecule has 0 aliphatic heterocycles. The minimum Gasteiger partial charge on any atom is -0.495 e. The maximum Gasteiger partial charge on any atom is 0.281 e. The van der Waals surface area contributed by atoms with Crippen LogP contribution in [0.2, 0.25) is 0 Å². The standard InChI is InChI=1S/C22H25N7O4S/c1-12(2)29-9-15(19-21(23)24-11-25-22(19)29)20(30)14-6-7-17(33-5)16(8-14)27-34(31,32)18-10-28(4)13(3)26-18/h6-12,27H,1-5H3,(H2,23,24,25). The Morgan fingerprint density at radius 1 is 1.21 bits per heavy atom. The molecule has 0 fully saturated rings. The van der Waals surface area contributed by atoms with Gasteiger partial charge in [0.25, 0.3) is 10.0 Å². The predicted molar refractivity (Wildman–Crippen MR) is 128 cm³/mol. The van der Waals surface area contributed by atoms with Crippen molar-refractivity contribution in [2.75, 3.05) is 17.6 Å². The van der Waals surface area contributed by atoms with Crippen LogP contribution in [0.1, 0.15) is 41.6 Å². The zero-order valence-electron chi connectivity index (χ0n) is 19.4. The minimum absolute atomic E-state index is 0.0263. The summed E-state index contributed by atoms with van der Waals surface area (Å²) in [5.41, 5.74) is 7.30. The van der Waals surface area contributed by atoms with E-state index in [0.29, 0.717) is 22.4 Å². The molecule has 11 nitrogen and oxygen atoms in total. The van der Waals surface area contributed by atoms with Gasteiger partial charge >= 0.3 is 0 Å². The van der Waals surface area contributed by atoms with Gasteiger partial charge in [-0.05, 0) is 39.0 Å². The van der Waals surface area contributed by atoms with Crippen LogP contribution in [0.4, 0.5) is 11.5 Å². The molecule has 12 heteroatoms. The molecule has 178 valence electrons. The molecule has 0 spiro atoms. The van der Waals surface area contributed by atoms with E-state index >= 15 is 0 Å². The number of fused-ring (bicyclic) bond motifs is 1. The number of carbonyl (C=O) groups is 1. The maximum atomic E-state index is 13.5. The first-order valence-electron chi connectivity index (χ1n) is 10.4. The highest BCUT2D eigenvalue weighted by molar-refractivity contribution is 7.92. The van der Waals surface area contributed by atoms with Crippen LogP contribution in [0.5, 0.6) is 5.75 Å². The third-order valence-corrected chi connectivity index (χ3v) is 6.74. The van der Waals surface area contributed by atoms with Gasteiger partial charge in [0.2, 0.25) is 0 Å². The average Bonchev–Trinajstić information content (AvgIpc) is 3.35. The predicted octanol–water partition coefficient (Wildman–Crippen LogP) is 2.68. The van der Waals surface area contributed by atoms with E-state index in [9.17, 15) is 13.2 Å². The lowest BCUT2D eigenvalue weighted by Gasteiger charge is -2.12. The number of hydrogen-bond donors (Lipinski definition) is 2. The summed E-state index contributed by atoms with van der Waals surface area (Å²) in [5.74, 6) is 0.619. The summed E-state index contributed by atoms with van der Waals surface area (Å²) in [6.45, 7) is 5.62. The van der Waals surface area contributed by atoms with Gasteiger partial charge in [0.15, 0.2) is 10.8 Å². The summed E-state index contributed by atoms with van der Waals surface area (Å²) in [6, 6.07) is 4.53. The van der Waals surface area contributed by atoms with E-state index in [1.165, 1.54) is 31.8 Å². The largest absolute Gasteiger partial charge is 0.495 e. The molecule has 0 aliphatic carbocycles. The molecule has 4 rings (SSSR count). The second-order valence-electron chi connectivity index (χ2n) is 8.09. The zero-order chi connectivity index (χ0) is 24.8. The number of hydrogen-bond acceptors (Lipinski definition) is 8. The Labute approximate surface area is 196 Å². The van der Waals surface area contributed by atoms with Crippen molar-refractivity contribution in [1.29, 1.82) is 0 Å². The Bertz CT molecular complexity index is 1500. The van der Waals surface area contributed by atoms with Gasteiger partial charge in [0.1, 0.15) is 29.4 Å². The molecule has 3 aromatic heterocycles. The normalized spacial score (nSPS) is 11.8. The summed E-state index contributed by atoms with van der Waals surface area (Å²) in [4.78, 5) is 25.9. The van der Waals surface area contributed by atoms with Crippen molar-refractivity contribution in [3.63, 3.8) is 0 Å². The summed E-state index contributed by atoms with van der Waals surface area (Å²) in [6.07, 6.45) is 4.44. The smallest absolute Gasteiger partial charge is 0.281 e. The van der Waals surface area contributed by atoms with Crippen LogP contribution in [0.15, 0.2) is 41.9 Å². The van der Waals surface area contributed by atoms with E-state index in [0.717, 1.165) is 0 Å². The highest BCUT2D eigenvalue weighted by Crippen LogP contribution is 2.32. The highest BCUT2D eigenvalue weighted by Gasteiger charge is 2.24. The molecular weight excluding hydrogens is 458 g/mol. The molecule has 1 aromatic carbocycles. The number of benzene rings is 1. The number of nitrogen functional groups attached to an aromatic ring is 1. The molecule has 34 heavy (non-hydrogen) atoms. The van der Waals surface area contributed by atoms with Gasteiger partial charge in [0.05, 0.1) is 23.7 Å². The van der Waals surface area contributed by atoms with Gasteiger partial charge in [-0.1, -0.05) is 0 Å². The van der Waals surface area contributed by atoms with Crippen molar-refractivity contribution in [3.05, 3.63) is 53.9 Å². The molecule has 0 radical (unpaired) electrons. The first-order valence-corrected chi connectivity index (χ1v) is 11.9. The minimum atomic E-state index is -4.02. The maximum absolute atomic E-state index is 13.5. The van der Waals surface area contributed by atoms with Crippen molar-refractivity contribution < 1.29 is 17.9 Å². The molecule has 0 saturated carbocycles. The van der Waals surface area contributed by atoms with Crippen molar-refractivity contribution in [2.24, 2.45) is 7.05 Å². The number of nitrogens with two attached hydrogens (primary N) is 1. The number of ketones is 1. The van der Waals surface area contributed by atoms with Crippen LogP contribution in [-0.4, -0.2) is 45.4 Å². The number of anilines is 2. The monoisotopic (exact) mass is 483 g/mol. The van der Waals surface area contributed by atoms with Gasteiger partial charge in [-0.15, -0.1) is 0 Å². The molecule has 0 bridgehead atoms. The first-order chi connectivity index (χ1) is 16.0. The van der Waals surface area contributed by atoms with Gasteiger partial charge in [-0.3, -0.25) is 9.52 Å². The number of imidazole rings is 1. The number of nitrogens with zero attached hydrogens (tertiary/aromatic N) is 5. The quantitative estimate of drug-likeness (QED) is 0.381. The molecule has 3 N–H and O–H groups in total. The number of aryl methyl sites for hydroxylation is 2. The summed E-state index contributed by atoms with van der Waals surface area (Å²) < 4.78 is 37.1. The van der Waals surface area contributed by atoms with Gasteiger partial charge in [-0.25, -0.2) is 15.0 Å². The molecule has 4 aromatic rings. The van der Waals surface area contributed by atoms with E-state index in [2.05, 4.69) is 19.7 Å². The van der Waals surface area contributed by atoms with Gasteiger partial charge < -0.3 is 19.6 Å². The Hall–Kier alpha value is -3.93. The SMILES string of the molecule is COc1ccc(C(=O)c2cn(C(C)C)c3ncnc(N)c23)cc1NS(=O)(=O)c1cn(C)c(C)n1. The molecule has 0 aliphatic rings. The number of ether oxygens (including phenoxy) is 1. The second-order valence-corrected chi connectivity index (χ2v) is 9.72. The van der Waals surface area contributed by atoms with Crippen molar-refractivity contribution in [1.82, 2.24) is 24.1 Å². The second kappa shape index (κ2) is 8.45. The molecule has 0 atom stereocenters. The molecule has 0 saturated heterocycles. The lowest BCUT2D eigenvalue weighted by molar-refractivity contribution is 0.104. The highest BCUT2D eigenvalue weighted by atomic mass is 32.2. The Kier molecular flexibility index (Phi) is 5.77. The average molecular weight is 484 g/mol. The van der Waals surface area contributed by atoms with E-state index in [1.807, 2.05) is 18.4 Å². The zero-order valence-corrected chi connectivity index (χ0v) is 20.2. The summed E-state index contributed by atoms with van der Waals surface area (Å²) in [7, 11) is -0.911. The third kappa shape index (κ3) is 3.96. The van der Waals surface area contributed by atoms with Crippen molar-refractivity contribution in [3.8, 4) is 5.75 Å². The fourth-order valence-electron chi connectivity index (χ4n) is 3.61. The summed E-state index contributed by atoms with van der Waals surface area (Å²) >= 11 is 0. The van der Waals surface area contributed by atoms with Gasteiger partial charge in [-0.2, -0.15) is 8.42 Å². The van der Waals surface area contributed by atoms with Crippen LogP contribution in [0.25, 0.3) is 11.0 Å². The first kappa shape index (κ1) is 23.2. The van der Waals surface area contributed by atoms with Crippen LogP contribution in [0.3, 0.4) is 0 Å². The van der Waals surface area contributed by atoms with Gasteiger partial charge in [0, 0.05) is 31.0 Å². The van der Waals surface area contributed by atoms with E-state index in [4.69, 9.17) is 10.5 Å². The number of methoxy groups -OCH3 is 1. The van der Waals surface area contributed by atoms with E-state index in [1.54, 1.807) is 30.8 Å². The van der Waals surface area contributed by atoms with Crippen LogP contribution in [-0.2, 0) is 17.1 Å². The van der Waals surface area contributed by atoms with Crippen LogP contribution < -0.4 is 15.2 Å². The van der Waals surface area contributed by atoms with Crippen molar-refractivity contribution in [2.45, 2.75) is 31.8 Å². The Morgan fingerprint density at radius 2 is 1.94 bits per heavy atom.